The Hall–Kier alpha value is -2.52. The number of hydrogen-bond acceptors (Lipinski definition) is 8. The molecule has 9 heteroatoms. The topological polar surface area (TPSA) is 88.4 Å². The Bertz CT molecular complexity index is 942. The molecule has 32 heavy (non-hydrogen) atoms. The number of piperidine rings is 1. The van der Waals surface area contributed by atoms with Crippen LogP contribution in [0.3, 0.4) is 0 Å². The van der Waals surface area contributed by atoms with Crippen molar-refractivity contribution in [1.82, 2.24) is 35.3 Å². The van der Waals surface area contributed by atoms with Crippen molar-refractivity contribution in [1.29, 1.82) is 0 Å². The van der Waals surface area contributed by atoms with Crippen molar-refractivity contribution < 1.29 is 9.53 Å². The van der Waals surface area contributed by atoms with E-state index in [1.54, 1.807) is 11.0 Å². The highest BCUT2D eigenvalue weighted by Crippen LogP contribution is 2.35. The van der Waals surface area contributed by atoms with Crippen molar-refractivity contribution in [3.8, 4) is 0 Å². The number of aromatic nitrogens is 4. The largest absolute Gasteiger partial charge is 0.371 e. The number of hydrogen-bond donors (Lipinski definition) is 1. The van der Waals surface area contributed by atoms with Crippen molar-refractivity contribution in [2.75, 3.05) is 45.9 Å². The van der Waals surface area contributed by atoms with E-state index < -0.39 is 0 Å². The lowest BCUT2D eigenvalue weighted by Crippen LogP contribution is -2.56. The molecule has 2 saturated heterocycles. The SMILES string of the molecule is CC1=C(N2CCOC3(CCN(C[C@H](C)C4=CC=C(n5cnnn5)NC4)CC3)C2)CCC1=O. The Morgan fingerprint density at radius 2 is 2.06 bits per heavy atom. The monoisotopic (exact) mass is 439 g/mol. The average molecular weight is 440 g/mol. The van der Waals surface area contributed by atoms with E-state index in [0.29, 0.717) is 18.1 Å². The van der Waals surface area contributed by atoms with Crippen LogP contribution in [0.5, 0.6) is 0 Å². The number of nitrogens with zero attached hydrogens (tertiary/aromatic N) is 6. The molecule has 1 spiro atoms. The van der Waals surface area contributed by atoms with Crippen LogP contribution >= 0.6 is 0 Å². The molecule has 0 bridgehead atoms. The van der Waals surface area contributed by atoms with Crippen molar-refractivity contribution in [2.24, 2.45) is 5.92 Å². The zero-order valence-electron chi connectivity index (χ0n) is 19.1. The van der Waals surface area contributed by atoms with Gasteiger partial charge in [-0.1, -0.05) is 13.0 Å². The highest BCUT2D eigenvalue weighted by Gasteiger charge is 2.41. The molecule has 1 N–H and O–H groups in total. The molecule has 0 amide bonds. The van der Waals surface area contributed by atoms with Gasteiger partial charge in [-0.15, -0.1) is 5.10 Å². The second-order valence-electron chi connectivity index (χ2n) is 9.55. The van der Waals surface area contributed by atoms with Crippen molar-refractivity contribution in [3.05, 3.63) is 35.3 Å². The van der Waals surface area contributed by atoms with Crippen molar-refractivity contribution in [3.63, 3.8) is 0 Å². The van der Waals surface area contributed by atoms with Gasteiger partial charge in [-0.25, -0.2) is 0 Å². The summed E-state index contributed by atoms with van der Waals surface area (Å²) in [4.78, 5) is 17.0. The highest BCUT2D eigenvalue weighted by molar-refractivity contribution is 5.97. The number of ketones is 1. The summed E-state index contributed by atoms with van der Waals surface area (Å²) in [5.74, 6) is 1.69. The van der Waals surface area contributed by atoms with E-state index in [9.17, 15) is 4.79 Å². The molecular formula is C23H33N7O2. The summed E-state index contributed by atoms with van der Waals surface area (Å²) < 4.78 is 8.00. The number of nitrogens with one attached hydrogen (secondary N) is 1. The van der Waals surface area contributed by atoms with Gasteiger partial charge in [-0.05, 0) is 54.2 Å². The third kappa shape index (κ3) is 4.23. The molecule has 4 aliphatic rings. The van der Waals surface area contributed by atoms with E-state index in [4.69, 9.17) is 4.74 Å². The van der Waals surface area contributed by atoms with Gasteiger partial charge in [-0.2, -0.15) is 4.68 Å². The van der Waals surface area contributed by atoms with E-state index >= 15 is 0 Å². The van der Waals surface area contributed by atoms with Gasteiger partial charge in [-0.3, -0.25) is 4.79 Å². The van der Waals surface area contributed by atoms with Crippen LogP contribution in [-0.4, -0.2) is 87.3 Å². The van der Waals surface area contributed by atoms with Crippen molar-refractivity contribution in [2.45, 2.75) is 45.1 Å². The normalized spacial score (nSPS) is 25.1. The van der Waals surface area contributed by atoms with Crippen LogP contribution in [0.25, 0.3) is 5.82 Å². The number of tetrazole rings is 1. The summed E-state index contributed by atoms with van der Waals surface area (Å²) in [6.07, 6.45) is 9.53. The molecule has 1 atom stereocenters. The van der Waals surface area contributed by atoms with Crippen molar-refractivity contribution >= 4 is 11.6 Å². The maximum Gasteiger partial charge on any atom is 0.160 e. The fourth-order valence-electron chi connectivity index (χ4n) is 5.45. The number of allylic oxidation sites excluding steroid dienone is 4. The summed E-state index contributed by atoms with van der Waals surface area (Å²) in [6, 6.07) is 0. The van der Waals surface area contributed by atoms with Gasteiger partial charge in [0.2, 0.25) is 0 Å². The smallest absolute Gasteiger partial charge is 0.160 e. The lowest BCUT2D eigenvalue weighted by molar-refractivity contribution is -0.130. The molecule has 5 rings (SSSR count). The lowest BCUT2D eigenvalue weighted by Gasteiger charge is -2.48. The van der Waals surface area contributed by atoms with Gasteiger partial charge in [0.1, 0.15) is 12.1 Å². The molecule has 4 heterocycles. The van der Waals surface area contributed by atoms with Gasteiger partial charge >= 0.3 is 0 Å². The molecule has 0 radical (unpaired) electrons. The maximum absolute atomic E-state index is 12.0. The molecule has 1 aliphatic carbocycles. The number of carbonyl (C=O) groups excluding carboxylic acids is 1. The number of likely N-dealkylation sites (tertiary alicyclic amines) is 1. The Kier molecular flexibility index (Phi) is 5.86. The summed E-state index contributed by atoms with van der Waals surface area (Å²) in [7, 11) is 0. The average Bonchev–Trinajstić information content (AvgIpc) is 3.46. The second kappa shape index (κ2) is 8.78. The van der Waals surface area contributed by atoms with Gasteiger partial charge in [0.25, 0.3) is 0 Å². The third-order valence-corrected chi connectivity index (χ3v) is 7.53. The molecule has 3 aliphatic heterocycles. The summed E-state index contributed by atoms with van der Waals surface area (Å²) in [5, 5.41) is 14.7. The maximum atomic E-state index is 12.0. The molecular weight excluding hydrogens is 406 g/mol. The number of rotatable bonds is 5. The summed E-state index contributed by atoms with van der Waals surface area (Å²) in [5.41, 5.74) is 3.57. The fourth-order valence-corrected chi connectivity index (χ4v) is 5.45. The van der Waals surface area contributed by atoms with Crippen LogP contribution in [0.15, 0.2) is 35.3 Å². The van der Waals surface area contributed by atoms with Crippen LogP contribution in [0.2, 0.25) is 0 Å². The Balaban J connectivity index is 1.15. The van der Waals surface area contributed by atoms with Crippen LogP contribution in [0, 0.1) is 5.92 Å². The van der Waals surface area contributed by atoms with E-state index in [-0.39, 0.29) is 5.60 Å². The van der Waals surface area contributed by atoms with E-state index in [2.05, 4.69) is 43.6 Å². The number of ether oxygens (including phenoxy) is 1. The standard InChI is InChI=1S/C23H33N7O2/c1-17(19-3-6-22(24-13-19)30-16-25-26-27-30)14-28-9-7-23(8-10-28)15-29(11-12-32-23)20-4-5-21(31)18(20)2/h3,6,16-17,24H,4-5,7-15H2,1-2H3/t17-/m0/s1. The molecule has 2 fully saturated rings. The predicted octanol–water partition coefficient (Wildman–Crippen LogP) is 1.44. The molecule has 0 saturated carbocycles. The lowest BCUT2D eigenvalue weighted by atomic mass is 9.88. The van der Waals surface area contributed by atoms with Crippen LogP contribution in [0.4, 0.5) is 0 Å². The van der Waals surface area contributed by atoms with Gasteiger partial charge in [0, 0.05) is 57.0 Å². The summed E-state index contributed by atoms with van der Waals surface area (Å²) in [6.45, 7) is 10.9. The van der Waals surface area contributed by atoms with Gasteiger partial charge < -0.3 is 19.9 Å². The molecule has 1 aromatic heterocycles. The van der Waals surface area contributed by atoms with E-state index in [1.807, 2.05) is 13.0 Å². The van der Waals surface area contributed by atoms with E-state index in [0.717, 1.165) is 76.5 Å². The first-order chi connectivity index (χ1) is 15.5. The van der Waals surface area contributed by atoms with E-state index in [1.165, 1.54) is 11.3 Å². The molecule has 1 aromatic rings. The zero-order valence-corrected chi connectivity index (χ0v) is 19.1. The Morgan fingerprint density at radius 3 is 2.72 bits per heavy atom. The van der Waals surface area contributed by atoms with Gasteiger partial charge in [0.15, 0.2) is 5.78 Å². The first-order valence-corrected chi connectivity index (χ1v) is 11.8. The zero-order chi connectivity index (χ0) is 22.1. The van der Waals surface area contributed by atoms with Crippen LogP contribution in [-0.2, 0) is 9.53 Å². The summed E-state index contributed by atoms with van der Waals surface area (Å²) >= 11 is 0. The second-order valence-corrected chi connectivity index (χ2v) is 9.55. The predicted molar refractivity (Wildman–Crippen MR) is 120 cm³/mol. The fraction of sp³-hybridized carbons (Fsp3) is 0.652. The molecule has 0 aromatic carbocycles. The molecule has 172 valence electrons. The number of dihydropyridines is 1. The highest BCUT2D eigenvalue weighted by atomic mass is 16.5. The molecule has 9 nitrogen and oxygen atoms in total. The van der Waals surface area contributed by atoms with Gasteiger partial charge in [0.05, 0.1) is 12.2 Å². The first-order valence-electron chi connectivity index (χ1n) is 11.8. The number of Topliss-reactive ketones (excluding diaryl/α,β-unsaturated/α-hetero) is 1. The molecule has 0 unspecified atom stereocenters. The number of morpholine rings is 1. The minimum absolute atomic E-state index is 0.0635. The Morgan fingerprint density at radius 1 is 1.22 bits per heavy atom. The minimum atomic E-state index is -0.0635. The Labute approximate surface area is 189 Å². The van der Waals surface area contributed by atoms with Crippen LogP contribution in [0.1, 0.15) is 39.5 Å². The number of carbonyl (C=O) groups is 1. The third-order valence-electron chi connectivity index (χ3n) is 7.53. The first kappa shape index (κ1) is 21.3. The van der Waals surface area contributed by atoms with Crippen LogP contribution < -0.4 is 5.32 Å². The quantitative estimate of drug-likeness (QED) is 0.737. The minimum Gasteiger partial charge on any atom is -0.371 e.